The fraction of sp³-hybridized carbons (Fsp3) is 0.600. The van der Waals surface area contributed by atoms with E-state index in [0.29, 0.717) is 0 Å². The fourth-order valence-corrected chi connectivity index (χ4v) is 2.98. The SMILES string of the molecule is CC(NCC1Cc2ccccc21)C1CCC1. The van der Waals surface area contributed by atoms with Gasteiger partial charge < -0.3 is 5.32 Å². The van der Waals surface area contributed by atoms with Gasteiger partial charge in [-0.25, -0.2) is 0 Å². The molecule has 0 aromatic heterocycles. The van der Waals surface area contributed by atoms with Gasteiger partial charge in [0.05, 0.1) is 0 Å². The number of fused-ring (bicyclic) bond motifs is 1. The molecule has 2 unspecified atom stereocenters. The highest BCUT2D eigenvalue weighted by Gasteiger charge is 2.28. The summed E-state index contributed by atoms with van der Waals surface area (Å²) in [4.78, 5) is 0. The summed E-state index contributed by atoms with van der Waals surface area (Å²) in [7, 11) is 0. The predicted molar refractivity (Wildman–Crippen MR) is 67.7 cm³/mol. The van der Waals surface area contributed by atoms with Crippen molar-refractivity contribution < 1.29 is 0 Å². The molecule has 1 aromatic rings. The van der Waals surface area contributed by atoms with E-state index < -0.39 is 0 Å². The first-order valence-electron chi connectivity index (χ1n) is 6.66. The van der Waals surface area contributed by atoms with Crippen LogP contribution in [-0.4, -0.2) is 12.6 Å². The second-order valence-electron chi connectivity index (χ2n) is 5.49. The van der Waals surface area contributed by atoms with Crippen LogP contribution < -0.4 is 5.32 Å². The van der Waals surface area contributed by atoms with Gasteiger partial charge in [0, 0.05) is 18.5 Å². The average Bonchev–Trinajstić information content (AvgIpc) is 2.16. The van der Waals surface area contributed by atoms with E-state index in [1.165, 1.54) is 32.2 Å². The molecular formula is C15H21N. The minimum Gasteiger partial charge on any atom is -0.313 e. The molecule has 16 heavy (non-hydrogen) atoms. The maximum atomic E-state index is 3.73. The third-order valence-corrected chi connectivity index (χ3v) is 4.50. The Kier molecular flexibility index (Phi) is 2.72. The van der Waals surface area contributed by atoms with E-state index in [-0.39, 0.29) is 0 Å². The molecule has 1 nitrogen and oxygen atoms in total. The number of rotatable bonds is 4. The Morgan fingerprint density at radius 1 is 1.31 bits per heavy atom. The third kappa shape index (κ3) is 1.78. The molecule has 86 valence electrons. The van der Waals surface area contributed by atoms with Crippen molar-refractivity contribution in [3.05, 3.63) is 35.4 Å². The molecule has 1 N–H and O–H groups in total. The van der Waals surface area contributed by atoms with E-state index in [0.717, 1.165) is 17.9 Å². The van der Waals surface area contributed by atoms with Crippen molar-refractivity contribution in [2.24, 2.45) is 5.92 Å². The van der Waals surface area contributed by atoms with Gasteiger partial charge in [0.2, 0.25) is 0 Å². The van der Waals surface area contributed by atoms with Crippen LogP contribution in [0.25, 0.3) is 0 Å². The van der Waals surface area contributed by atoms with E-state index in [1.54, 1.807) is 11.1 Å². The Labute approximate surface area is 98.3 Å². The maximum Gasteiger partial charge on any atom is 0.00672 e. The third-order valence-electron chi connectivity index (χ3n) is 4.50. The Balaban J connectivity index is 1.50. The van der Waals surface area contributed by atoms with Crippen molar-refractivity contribution in [1.29, 1.82) is 0 Å². The van der Waals surface area contributed by atoms with Crippen molar-refractivity contribution >= 4 is 0 Å². The van der Waals surface area contributed by atoms with Gasteiger partial charge >= 0.3 is 0 Å². The lowest BCUT2D eigenvalue weighted by atomic mass is 9.76. The second-order valence-corrected chi connectivity index (χ2v) is 5.49. The van der Waals surface area contributed by atoms with Gasteiger partial charge in [-0.05, 0) is 43.2 Å². The molecule has 0 bridgehead atoms. The molecule has 2 aliphatic carbocycles. The highest BCUT2D eigenvalue weighted by atomic mass is 14.9. The summed E-state index contributed by atoms with van der Waals surface area (Å²) in [6, 6.07) is 9.60. The fourth-order valence-electron chi connectivity index (χ4n) is 2.98. The molecule has 3 rings (SSSR count). The van der Waals surface area contributed by atoms with Gasteiger partial charge in [-0.1, -0.05) is 30.7 Å². The van der Waals surface area contributed by atoms with Crippen molar-refractivity contribution in [3.63, 3.8) is 0 Å². The lowest BCUT2D eigenvalue weighted by Gasteiger charge is -2.35. The minimum atomic E-state index is 0.724. The van der Waals surface area contributed by atoms with Crippen molar-refractivity contribution in [1.82, 2.24) is 5.32 Å². The predicted octanol–water partition coefficient (Wildman–Crippen LogP) is 3.10. The molecular weight excluding hydrogens is 194 g/mol. The first-order valence-corrected chi connectivity index (χ1v) is 6.66. The van der Waals surface area contributed by atoms with Crippen LogP contribution in [-0.2, 0) is 6.42 Å². The van der Waals surface area contributed by atoms with E-state index in [4.69, 9.17) is 0 Å². The summed E-state index contributed by atoms with van der Waals surface area (Å²) in [6.45, 7) is 3.53. The van der Waals surface area contributed by atoms with Crippen LogP contribution in [0, 0.1) is 5.92 Å². The molecule has 1 saturated carbocycles. The summed E-state index contributed by atoms with van der Waals surface area (Å²) < 4.78 is 0. The summed E-state index contributed by atoms with van der Waals surface area (Å²) in [5.41, 5.74) is 3.14. The minimum absolute atomic E-state index is 0.724. The first-order chi connectivity index (χ1) is 7.84. The molecule has 2 aliphatic rings. The van der Waals surface area contributed by atoms with Crippen molar-refractivity contribution in [2.75, 3.05) is 6.54 Å². The number of benzene rings is 1. The number of hydrogen-bond donors (Lipinski definition) is 1. The van der Waals surface area contributed by atoms with Gasteiger partial charge in [-0.2, -0.15) is 0 Å². The van der Waals surface area contributed by atoms with Crippen LogP contribution >= 0.6 is 0 Å². The topological polar surface area (TPSA) is 12.0 Å². The van der Waals surface area contributed by atoms with Gasteiger partial charge in [-0.15, -0.1) is 0 Å². The van der Waals surface area contributed by atoms with E-state index >= 15 is 0 Å². The van der Waals surface area contributed by atoms with E-state index in [2.05, 4.69) is 36.5 Å². The van der Waals surface area contributed by atoms with Crippen LogP contribution in [0.4, 0.5) is 0 Å². The Morgan fingerprint density at radius 3 is 2.81 bits per heavy atom. The van der Waals surface area contributed by atoms with Crippen LogP contribution in [0.2, 0.25) is 0 Å². The quantitative estimate of drug-likeness (QED) is 0.813. The van der Waals surface area contributed by atoms with Gasteiger partial charge in [0.25, 0.3) is 0 Å². The smallest absolute Gasteiger partial charge is 0.00672 e. The maximum absolute atomic E-state index is 3.73. The standard InChI is InChI=1S/C15H21N/c1-11(12-6-4-7-12)16-10-14-9-13-5-2-3-8-15(13)14/h2-3,5,8,11-12,14,16H,4,6-7,9-10H2,1H3. The monoisotopic (exact) mass is 215 g/mol. The molecule has 0 spiro atoms. The van der Waals surface area contributed by atoms with Gasteiger partial charge in [0.1, 0.15) is 0 Å². The summed E-state index contributed by atoms with van der Waals surface area (Å²) in [5.74, 6) is 1.73. The van der Waals surface area contributed by atoms with Crippen LogP contribution in [0.15, 0.2) is 24.3 Å². The lowest BCUT2D eigenvalue weighted by molar-refractivity contribution is 0.237. The average molecular weight is 215 g/mol. The van der Waals surface area contributed by atoms with Crippen LogP contribution in [0.3, 0.4) is 0 Å². The first kappa shape index (κ1) is 10.3. The summed E-state index contributed by atoms with van der Waals surface area (Å²) >= 11 is 0. The zero-order valence-electron chi connectivity index (χ0n) is 10.1. The largest absolute Gasteiger partial charge is 0.313 e. The molecule has 0 aliphatic heterocycles. The molecule has 2 atom stereocenters. The highest BCUT2D eigenvalue weighted by molar-refractivity contribution is 5.40. The molecule has 0 radical (unpaired) electrons. The van der Waals surface area contributed by atoms with Crippen LogP contribution in [0.5, 0.6) is 0 Å². The molecule has 0 heterocycles. The van der Waals surface area contributed by atoms with Gasteiger partial charge in [-0.3, -0.25) is 0 Å². The zero-order chi connectivity index (χ0) is 11.0. The lowest BCUT2D eigenvalue weighted by Crippen LogP contribution is -2.40. The van der Waals surface area contributed by atoms with Crippen LogP contribution in [0.1, 0.15) is 43.2 Å². The Bertz CT molecular complexity index is 367. The Hall–Kier alpha value is -0.820. The number of nitrogens with one attached hydrogen (secondary N) is 1. The summed E-state index contributed by atoms with van der Waals surface area (Å²) in [5, 5.41) is 3.73. The zero-order valence-corrected chi connectivity index (χ0v) is 10.1. The van der Waals surface area contributed by atoms with Crippen molar-refractivity contribution in [3.8, 4) is 0 Å². The van der Waals surface area contributed by atoms with E-state index in [9.17, 15) is 0 Å². The van der Waals surface area contributed by atoms with E-state index in [1.807, 2.05) is 0 Å². The molecule has 1 aromatic carbocycles. The summed E-state index contributed by atoms with van der Waals surface area (Å²) in [6.07, 6.45) is 5.61. The number of hydrogen-bond acceptors (Lipinski definition) is 1. The highest BCUT2D eigenvalue weighted by Crippen LogP contribution is 2.35. The molecule has 0 saturated heterocycles. The van der Waals surface area contributed by atoms with Gasteiger partial charge in [0.15, 0.2) is 0 Å². The molecule has 1 fully saturated rings. The Morgan fingerprint density at radius 2 is 2.12 bits per heavy atom. The van der Waals surface area contributed by atoms with Crippen molar-refractivity contribution in [2.45, 2.75) is 44.6 Å². The normalized spacial score (nSPS) is 25.4. The second kappa shape index (κ2) is 4.21. The molecule has 1 heteroatoms. The molecule has 0 amide bonds.